The minimum atomic E-state index is -3.38. The zero-order chi connectivity index (χ0) is 12.3. The fourth-order valence-electron chi connectivity index (χ4n) is 0.973. The van der Waals surface area contributed by atoms with Gasteiger partial charge in [0, 0.05) is 12.5 Å². The van der Waals surface area contributed by atoms with Crippen LogP contribution in [-0.4, -0.2) is 32.2 Å². The van der Waals surface area contributed by atoms with Crippen LogP contribution in [0, 0.1) is 0 Å². The van der Waals surface area contributed by atoms with Crippen molar-refractivity contribution in [3.8, 4) is 0 Å². The van der Waals surface area contributed by atoms with E-state index in [2.05, 4.69) is 4.98 Å². The maximum atomic E-state index is 11.3. The van der Waals surface area contributed by atoms with Crippen molar-refractivity contribution < 1.29 is 17.9 Å². The molecule has 88 valence electrons. The lowest BCUT2D eigenvalue weighted by atomic mass is 10.3. The molecule has 0 aliphatic carbocycles. The molecule has 16 heavy (non-hydrogen) atoms. The maximum Gasteiger partial charge on any atom is 0.358 e. The van der Waals surface area contributed by atoms with Crippen LogP contribution in [-0.2, 0) is 14.6 Å². The first-order chi connectivity index (χ1) is 7.36. The number of aromatic nitrogens is 1. The molecule has 1 rings (SSSR count). The Morgan fingerprint density at radius 3 is 2.62 bits per heavy atom. The summed E-state index contributed by atoms with van der Waals surface area (Å²) in [5.41, 5.74) is -0.0871. The average Bonchev–Trinajstić information content (AvgIpc) is 2.16. The summed E-state index contributed by atoms with van der Waals surface area (Å²) in [7, 11) is -3.38. The van der Waals surface area contributed by atoms with Crippen molar-refractivity contribution in [2.24, 2.45) is 0 Å². The first-order valence-electron chi connectivity index (χ1n) is 4.39. The molecule has 0 atom stereocenters. The second kappa shape index (κ2) is 4.80. The van der Waals surface area contributed by atoms with Crippen LogP contribution >= 0.6 is 11.6 Å². The highest BCUT2D eigenvalue weighted by Gasteiger charge is 2.16. The van der Waals surface area contributed by atoms with Crippen LogP contribution in [0.5, 0.6) is 0 Å². The monoisotopic (exact) mass is 263 g/mol. The highest BCUT2D eigenvalue weighted by atomic mass is 35.5. The molecule has 0 saturated carbocycles. The maximum absolute atomic E-state index is 11.3. The molecule has 1 heterocycles. The lowest BCUT2D eigenvalue weighted by Crippen LogP contribution is -2.09. The number of hydrogen-bond acceptors (Lipinski definition) is 5. The number of pyridine rings is 1. The van der Waals surface area contributed by atoms with Gasteiger partial charge in [-0.25, -0.2) is 18.2 Å². The normalized spacial score (nSPS) is 11.2. The molecule has 7 heteroatoms. The molecular weight excluding hydrogens is 254 g/mol. The van der Waals surface area contributed by atoms with Crippen LogP contribution in [0.4, 0.5) is 0 Å². The number of ether oxygens (including phenoxy) is 1. The third-order valence-electron chi connectivity index (χ3n) is 1.71. The van der Waals surface area contributed by atoms with E-state index in [0.29, 0.717) is 0 Å². The van der Waals surface area contributed by atoms with Crippen molar-refractivity contribution in [1.29, 1.82) is 0 Å². The molecule has 0 aliphatic heterocycles. The van der Waals surface area contributed by atoms with E-state index in [9.17, 15) is 13.2 Å². The van der Waals surface area contributed by atoms with Gasteiger partial charge in [-0.3, -0.25) is 0 Å². The third-order valence-corrected chi connectivity index (χ3v) is 3.08. The summed E-state index contributed by atoms with van der Waals surface area (Å²) in [6.07, 6.45) is 2.11. The Kier molecular flexibility index (Phi) is 3.88. The average molecular weight is 264 g/mol. The Balaban J connectivity index is 3.15. The Bertz CT molecular complexity index is 512. The molecule has 5 nitrogen and oxygen atoms in total. The van der Waals surface area contributed by atoms with Crippen LogP contribution in [0.15, 0.2) is 17.2 Å². The third kappa shape index (κ3) is 2.93. The zero-order valence-electron chi connectivity index (χ0n) is 8.73. The molecule has 1 aromatic heterocycles. The number of hydrogen-bond donors (Lipinski definition) is 0. The van der Waals surface area contributed by atoms with E-state index < -0.39 is 15.8 Å². The van der Waals surface area contributed by atoms with Gasteiger partial charge in [0.2, 0.25) is 0 Å². The molecule has 1 aromatic rings. The fraction of sp³-hybridized carbons (Fsp3) is 0.333. The predicted octanol–water partition coefficient (Wildman–Crippen LogP) is 1.32. The van der Waals surface area contributed by atoms with Gasteiger partial charge in [0.25, 0.3) is 0 Å². The summed E-state index contributed by atoms with van der Waals surface area (Å²) in [5.74, 6) is -0.674. The molecule has 0 radical (unpaired) electrons. The second-order valence-electron chi connectivity index (χ2n) is 2.99. The number of carbonyl (C=O) groups excluding carboxylic acids is 1. The molecule has 0 unspecified atom stereocenters. The van der Waals surface area contributed by atoms with Gasteiger partial charge in [-0.1, -0.05) is 11.6 Å². The van der Waals surface area contributed by atoms with Gasteiger partial charge in [-0.15, -0.1) is 0 Å². The number of nitrogens with zero attached hydrogens (tertiary/aromatic N) is 1. The summed E-state index contributed by atoms with van der Waals surface area (Å²) >= 11 is 5.74. The molecule has 0 saturated heterocycles. The van der Waals surface area contributed by atoms with Crippen LogP contribution in [0.25, 0.3) is 0 Å². The quantitative estimate of drug-likeness (QED) is 0.769. The molecule has 0 fully saturated rings. The molecule has 0 aromatic carbocycles. The van der Waals surface area contributed by atoms with E-state index in [4.69, 9.17) is 16.3 Å². The van der Waals surface area contributed by atoms with Crippen molar-refractivity contribution in [2.45, 2.75) is 11.8 Å². The first kappa shape index (κ1) is 12.9. The molecular formula is C9H10ClNO4S. The van der Waals surface area contributed by atoms with E-state index in [1.165, 1.54) is 6.07 Å². The summed E-state index contributed by atoms with van der Waals surface area (Å²) < 4.78 is 27.1. The van der Waals surface area contributed by atoms with Crippen LogP contribution in [0.2, 0.25) is 5.02 Å². The summed E-state index contributed by atoms with van der Waals surface area (Å²) in [6, 6.07) is 1.18. The smallest absolute Gasteiger partial charge is 0.358 e. The minimum Gasteiger partial charge on any atom is -0.461 e. The Labute approximate surface area is 98.3 Å². The number of sulfone groups is 1. The van der Waals surface area contributed by atoms with Crippen molar-refractivity contribution in [3.05, 3.63) is 23.0 Å². The van der Waals surface area contributed by atoms with Crippen LogP contribution in [0.1, 0.15) is 17.4 Å². The van der Waals surface area contributed by atoms with Gasteiger partial charge in [0.1, 0.15) is 0 Å². The zero-order valence-corrected chi connectivity index (χ0v) is 10.3. The lowest BCUT2D eigenvalue weighted by molar-refractivity contribution is 0.0519. The summed E-state index contributed by atoms with van der Waals surface area (Å²) in [6.45, 7) is 1.85. The SMILES string of the molecule is CCOC(=O)c1ncc(S(C)(=O)=O)cc1Cl. The van der Waals surface area contributed by atoms with Gasteiger partial charge in [0.15, 0.2) is 15.5 Å². The Hall–Kier alpha value is -1.14. The van der Waals surface area contributed by atoms with E-state index in [1.807, 2.05) is 0 Å². The van der Waals surface area contributed by atoms with Crippen molar-refractivity contribution in [2.75, 3.05) is 12.9 Å². The number of carbonyl (C=O) groups is 1. The molecule has 0 amide bonds. The lowest BCUT2D eigenvalue weighted by Gasteiger charge is -2.04. The van der Waals surface area contributed by atoms with Crippen LogP contribution < -0.4 is 0 Å². The molecule has 0 spiro atoms. The largest absolute Gasteiger partial charge is 0.461 e. The van der Waals surface area contributed by atoms with Gasteiger partial charge >= 0.3 is 5.97 Å². The highest BCUT2D eigenvalue weighted by Crippen LogP contribution is 2.19. The molecule has 0 bridgehead atoms. The highest BCUT2D eigenvalue weighted by molar-refractivity contribution is 7.90. The van der Waals surface area contributed by atoms with Gasteiger partial charge in [0.05, 0.1) is 16.5 Å². The van der Waals surface area contributed by atoms with Crippen molar-refractivity contribution >= 4 is 27.4 Å². The van der Waals surface area contributed by atoms with Gasteiger partial charge < -0.3 is 4.74 Å². The van der Waals surface area contributed by atoms with Crippen molar-refractivity contribution in [3.63, 3.8) is 0 Å². The van der Waals surface area contributed by atoms with Gasteiger partial charge in [-0.05, 0) is 13.0 Å². The van der Waals surface area contributed by atoms with E-state index in [0.717, 1.165) is 12.5 Å². The standard InChI is InChI=1S/C9H10ClNO4S/c1-3-15-9(12)8-7(10)4-6(5-11-8)16(2,13)14/h4-5H,3H2,1-2H3. The van der Waals surface area contributed by atoms with Crippen molar-refractivity contribution in [1.82, 2.24) is 4.98 Å². The predicted molar refractivity (Wildman–Crippen MR) is 58.3 cm³/mol. The minimum absolute atomic E-state index is 0.0365. The molecule has 0 N–H and O–H groups in total. The number of halogens is 1. The van der Waals surface area contributed by atoms with Crippen LogP contribution in [0.3, 0.4) is 0 Å². The fourth-order valence-corrected chi connectivity index (χ4v) is 1.86. The Morgan fingerprint density at radius 2 is 2.19 bits per heavy atom. The Morgan fingerprint density at radius 1 is 1.56 bits per heavy atom. The number of rotatable bonds is 3. The number of esters is 1. The van der Waals surface area contributed by atoms with E-state index in [-0.39, 0.29) is 22.2 Å². The van der Waals surface area contributed by atoms with E-state index in [1.54, 1.807) is 6.92 Å². The van der Waals surface area contributed by atoms with E-state index >= 15 is 0 Å². The molecule has 0 aliphatic rings. The first-order valence-corrected chi connectivity index (χ1v) is 6.66. The summed E-state index contributed by atoms with van der Waals surface area (Å²) in [5, 5.41) is -0.0404. The topological polar surface area (TPSA) is 73.3 Å². The second-order valence-corrected chi connectivity index (χ2v) is 5.42. The summed E-state index contributed by atoms with van der Waals surface area (Å²) in [4.78, 5) is 14.9. The van der Waals surface area contributed by atoms with Gasteiger partial charge in [-0.2, -0.15) is 0 Å².